The van der Waals surface area contributed by atoms with E-state index in [-0.39, 0.29) is 0 Å². The Morgan fingerprint density at radius 1 is 1.26 bits per heavy atom. The van der Waals surface area contributed by atoms with E-state index in [0.29, 0.717) is 12.1 Å². The molecular formula is C16H27N3. The van der Waals surface area contributed by atoms with Crippen LogP contribution in [0.25, 0.3) is 0 Å². The molecule has 19 heavy (non-hydrogen) atoms. The number of likely N-dealkylation sites (N-methyl/N-ethyl adjacent to an activating group) is 2. The van der Waals surface area contributed by atoms with Crippen LogP contribution in [0.2, 0.25) is 0 Å². The van der Waals surface area contributed by atoms with E-state index < -0.39 is 0 Å². The van der Waals surface area contributed by atoms with E-state index >= 15 is 0 Å². The maximum absolute atomic E-state index is 3.34. The van der Waals surface area contributed by atoms with Crippen LogP contribution in [-0.4, -0.2) is 50.7 Å². The highest BCUT2D eigenvalue weighted by Gasteiger charge is 2.31. The molecule has 0 amide bonds. The van der Waals surface area contributed by atoms with Crippen molar-refractivity contribution in [1.82, 2.24) is 10.2 Å². The third-order valence-corrected chi connectivity index (χ3v) is 4.26. The molecule has 2 rings (SSSR count). The second kappa shape index (κ2) is 5.93. The topological polar surface area (TPSA) is 18.5 Å². The smallest absolute Gasteiger partial charge is 0.0544 e. The van der Waals surface area contributed by atoms with Gasteiger partial charge in [0.25, 0.3) is 0 Å². The minimum atomic E-state index is 0.541. The van der Waals surface area contributed by atoms with Gasteiger partial charge in [0, 0.05) is 31.4 Å². The molecule has 1 aromatic rings. The standard InChI is InChI=1S/C16H27N3/c1-12-7-6-8-16(14(12)3)19-13(2)10-18(5)11-15(19)9-17-4/h6-8,13,15,17H,9-11H2,1-5H3. The molecule has 2 unspecified atom stereocenters. The van der Waals surface area contributed by atoms with Gasteiger partial charge in [-0.05, 0) is 52.1 Å². The number of aryl methyl sites for hydroxylation is 1. The lowest BCUT2D eigenvalue weighted by molar-refractivity contribution is 0.230. The summed E-state index contributed by atoms with van der Waals surface area (Å²) >= 11 is 0. The zero-order valence-corrected chi connectivity index (χ0v) is 12.9. The first-order chi connectivity index (χ1) is 9.04. The van der Waals surface area contributed by atoms with Crippen molar-refractivity contribution in [3.05, 3.63) is 29.3 Å². The van der Waals surface area contributed by atoms with E-state index in [1.807, 2.05) is 7.05 Å². The lowest BCUT2D eigenvalue weighted by Gasteiger charge is -2.46. The molecule has 1 fully saturated rings. The highest BCUT2D eigenvalue weighted by atomic mass is 15.3. The predicted molar refractivity (Wildman–Crippen MR) is 83.1 cm³/mol. The zero-order valence-electron chi connectivity index (χ0n) is 12.9. The zero-order chi connectivity index (χ0) is 14.0. The fraction of sp³-hybridized carbons (Fsp3) is 0.625. The molecule has 0 spiro atoms. The number of nitrogens with one attached hydrogen (secondary N) is 1. The second-order valence-electron chi connectivity index (χ2n) is 5.91. The van der Waals surface area contributed by atoms with Gasteiger partial charge in [-0.3, -0.25) is 0 Å². The molecule has 1 aliphatic rings. The van der Waals surface area contributed by atoms with Crippen molar-refractivity contribution < 1.29 is 0 Å². The van der Waals surface area contributed by atoms with Gasteiger partial charge in [-0.2, -0.15) is 0 Å². The first kappa shape index (κ1) is 14.4. The van der Waals surface area contributed by atoms with Crippen LogP contribution in [-0.2, 0) is 0 Å². The van der Waals surface area contributed by atoms with Crippen LogP contribution in [0.5, 0.6) is 0 Å². The molecule has 1 heterocycles. The van der Waals surface area contributed by atoms with Gasteiger partial charge in [0.15, 0.2) is 0 Å². The quantitative estimate of drug-likeness (QED) is 0.898. The van der Waals surface area contributed by atoms with Crippen molar-refractivity contribution in [3.63, 3.8) is 0 Å². The van der Waals surface area contributed by atoms with Crippen LogP contribution in [0.15, 0.2) is 18.2 Å². The van der Waals surface area contributed by atoms with E-state index in [1.54, 1.807) is 0 Å². The Balaban J connectivity index is 2.35. The van der Waals surface area contributed by atoms with Gasteiger partial charge in [0.05, 0.1) is 6.04 Å². The lowest BCUT2D eigenvalue weighted by Crippen LogP contribution is -2.59. The molecule has 1 saturated heterocycles. The average molecular weight is 261 g/mol. The van der Waals surface area contributed by atoms with Crippen LogP contribution >= 0.6 is 0 Å². The molecule has 1 N–H and O–H groups in total. The van der Waals surface area contributed by atoms with Gasteiger partial charge >= 0.3 is 0 Å². The van der Waals surface area contributed by atoms with Crippen molar-refractivity contribution in [2.75, 3.05) is 38.6 Å². The molecule has 0 aliphatic carbocycles. The van der Waals surface area contributed by atoms with Crippen molar-refractivity contribution >= 4 is 5.69 Å². The van der Waals surface area contributed by atoms with E-state index in [4.69, 9.17) is 0 Å². The average Bonchev–Trinajstić information content (AvgIpc) is 2.34. The molecule has 1 aliphatic heterocycles. The van der Waals surface area contributed by atoms with Crippen molar-refractivity contribution in [1.29, 1.82) is 0 Å². The Hall–Kier alpha value is -1.06. The first-order valence-electron chi connectivity index (χ1n) is 7.22. The van der Waals surface area contributed by atoms with E-state index in [9.17, 15) is 0 Å². The number of nitrogens with zero attached hydrogens (tertiary/aromatic N) is 2. The number of hydrogen-bond donors (Lipinski definition) is 1. The summed E-state index contributed by atoms with van der Waals surface area (Å²) in [7, 11) is 4.26. The van der Waals surface area contributed by atoms with Crippen molar-refractivity contribution in [3.8, 4) is 0 Å². The van der Waals surface area contributed by atoms with Crippen LogP contribution in [0.1, 0.15) is 18.1 Å². The fourth-order valence-corrected chi connectivity index (χ4v) is 3.27. The van der Waals surface area contributed by atoms with E-state index in [1.165, 1.54) is 16.8 Å². The third-order valence-electron chi connectivity index (χ3n) is 4.26. The minimum absolute atomic E-state index is 0.541. The molecule has 2 atom stereocenters. The summed E-state index contributed by atoms with van der Waals surface area (Å²) in [5.41, 5.74) is 4.20. The van der Waals surface area contributed by atoms with Crippen LogP contribution in [0.3, 0.4) is 0 Å². The van der Waals surface area contributed by atoms with Gasteiger partial charge in [0.2, 0.25) is 0 Å². The van der Waals surface area contributed by atoms with E-state index in [0.717, 1.165) is 19.6 Å². The molecule has 0 aromatic heterocycles. The number of piperazine rings is 1. The number of rotatable bonds is 3. The SMILES string of the molecule is CNCC1CN(C)CC(C)N1c1cccc(C)c1C. The maximum Gasteiger partial charge on any atom is 0.0544 e. The lowest BCUT2D eigenvalue weighted by atomic mass is 10.0. The number of hydrogen-bond acceptors (Lipinski definition) is 3. The van der Waals surface area contributed by atoms with Crippen LogP contribution in [0, 0.1) is 13.8 Å². The van der Waals surface area contributed by atoms with Crippen LogP contribution < -0.4 is 10.2 Å². The normalized spacial score (nSPS) is 24.8. The molecule has 1 aromatic carbocycles. The summed E-state index contributed by atoms with van der Waals surface area (Å²) in [6, 6.07) is 7.75. The molecule has 3 heteroatoms. The number of anilines is 1. The highest BCUT2D eigenvalue weighted by molar-refractivity contribution is 5.58. The summed E-state index contributed by atoms with van der Waals surface area (Å²) in [5.74, 6) is 0. The predicted octanol–water partition coefficient (Wildman–Crippen LogP) is 2.03. The Bertz CT molecular complexity index is 430. The molecule has 0 radical (unpaired) electrons. The van der Waals surface area contributed by atoms with Gasteiger partial charge in [0.1, 0.15) is 0 Å². The fourth-order valence-electron chi connectivity index (χ4n) is 3.27. The maximum atomic E-state index is 3.34. The van der Waals surface area contributed by atoms with Crippen molar-refractivity contribution in [2.45, 2.75) is 32.9 Å². The summed E-state index contributed by atoms with van der Waals surface area (Å²) in [5, 5.41) is 3.34. The summed E-state index contributed by atoms with van der Waals surface area (Å²) in [6.07, 6.45) is 0. The molecule has 3 nitrogen and oxygen atoms in total. The number of benzene rings is 1. The van der Waals surface area contributed by atoms with Crippen LogP contribution in [0.4, 0.5) is 5.69 Å². The summed E-state index contributed by atoms with van der Waals surface area (Å²) in [4.78, 5) is 5.05. The van der Waals surface area contributed by atoms with Gasteiger partial charge in [-0.1, -0.05) is 12.1 Å². The third kappa shape index (κ3) is 2.93. The molecule has 0 saturated carbocycles. The Kier molecular flexibility index (Phi) is 4.48. The Morgan fingerprint density at radius 2 is 2.00 bits per heavy atom. The largest absolute Gasteiger partial charge is 0.362 e. The minimum Gasteiger partial charge on any atom is -0.362 e. The molecular weight excluding hydrogens is 234 g/mol. The Morgan fingerprint density at radius 3 is 2.68 bits per heavy atom. The van der Waals surface area contributed by atoms with Crippen molar-refractivity contribution in [2.24, 2.45) is 0 Å². The summed E-state index contributed by atoms with van der Waals surface area (Å²) < 4.78 is 0. The highest BCUT2D eigenvalue weighted by Crippen LogP contribution is 2.29. The van der Waals surface area contributed by atoms with Gasteiger partial charge < -0.3 is 15.1 Å². The van der Waals surface area contributed by atoms with Gasteiger partial charge in [-0.25, -0.2) is 0 Å². The Labute approximate surface area is 117 Å². The molecule has 0 bridgehead atoms. The monoisotopic (exact) mass is 261 g/mol. The first-order valence-corrected chi connectivity index (χ1v) is 7.22. The van der Waals surface area contributed by atoms with E-state index in [2.05, 4.69) is 61.1 Å². The second-order valence-corrected chi connectivity index (χ2v) is 5.91. The molecule has 106 valence electrons. The summed E-state index contributed by atoms with van der Waals surface area (Å²) in [6.45, 7) is 10.1. The van der Waals surface area contributed by atoms with Gasteiger partial charge in [-0.15, -0.1) is 0 Å².